The summed E-state index contributed by atoms with van der Waals surface area (Å²) in [6, 6.07) is 8.39. The number of imidazole rings is 1. The van der Waals surface area contributed by atoms with Crippen LogP contribution in [0.15, 0.2) is 24.3 Å². The standard InChI is InChI=1S/C17H19N5O2/c1-11-19-14-15(18)20-17-21-16(14)22(11)10-12-5-4-6-13(9-12)23-7-2-3-8-24-17/h4-6,9H,2-3,7-8,10H2,1H3,(H2,18,20,21). The minimum Gasteiger partial charge on any atom is -0.494 e. The van der Waals surface area contributed by atoms with Gasteiger partial charge in [-0.3, -0.25) is 0 Å². The lowest BCUT2D eigenvalue weighted by Crippen LogP contribution is -2.09. The van der Waals surface area contributed by atoms with Gasteiger partial charge in [-0.1, -0.05) is 12.1 Å². The fraction of sp³-hybridized carbons (Fsp3) is 0.353. The van der Waals surface area contributed by atoms with E-state index in [4.69, 9.17) is 15.2 Å². The molecular formula is C17H19N5O2. The maximum absolute atomic E-state index is 6.05. The maximum Gasteiger partial charge on any atom is 0.320 e. The molecule has 124 valence electrons. The van der Waals surface area contributed by atoms with E-state index in [0.717, 1.165) is 30.0 Å². The van der Waals surface area contributed by atoms with Crippen LogP contribution in [0.1, 0.15) is 24.2 Å². The Morgan fingerprint density at radius 3 is 2.79 bits per heavy atom. The lowest BCUT2D eigenvalue weighted by Gasteiger charge is -2.12. The molecule has 0 aliphatic carbocycles. The molecular weight excluding hydrogens is 306 g/mol. The number of nitrogen functional groups attached to an aromatic ring is 1. The number of hydrogen-bond acceptors (Lipinski definition) is 6. The van der Waals surface area contributed by atoms with Crippen LogP contribution in [-0.4, -0.2) is 32.7 Å². The van der Waals surface area contributed by atoms with Crippen LogP contribution in [0.4, 0.5) is 5.82 Å². The molecule has 0 fully saturated rings. The van der Waals surface area contributed by atoms with Crippen molar-refractivity contribution in [3.8, 4) is 11.8 Å². The van der Waals surface area contributed by atoms with Gasteiger partial charge in [-0.2, -0.15) is 9.97 Å². The van der Waals surface area contributed by atoms with E-state index < -0.39 is 0 Å². The molecule has 0 amide bonds. The largest absolute Gasteiger partial charge is 0.494 e. The predicted molar refractivity (Wildman–Crippen MR) is 90.2 cm³/mol. The number of hydrogen-bond donors (Lipinski definition) is 1. The monoisotopic (exact) mass is 325 g/mol. The van der Waals surface area contributed by atoms with Gasteiger partial charge in [0.2, 0.25) is 0 Å². The van der Waals surface area contributed by atoms with Gasteiger partial charge >= 0.3 is 6.01 Å². The molecule has 0 saturated heterocycles. The van der Waals surface area contributed by atoms with E-state index in [1.54, 1.807) is 0 Å². The van der Waals surface area contributed by atoms with Crippen LogP contribution in [0.25, 0.3) is 11.2 Å². The third-order valence-electron chi connectivity index (χ3n) is 4.07. The Kier molecular flexibility index (Phi) is 3.68. The molecule has 0 unspecified atom stereocenters. The van der Waals surface area contributed by atoms with Crippen molar-refractivity contribution in [2.75, 3.05) is 18.9 Å². The van der Waals surface area contributed by atoms with Crippen molar-refractivity contribution in [2.45, 2.75) is 26.3 Å². The normalized spacial score (nSPS) is 14.9. The van der Waals surface area contributed by atoms with Crippen LogP contribution < -0.4 is 15.2 Å². The van der Waals surface area contributed by atoms with Crippen molar-refractivity contribution in [3.63, 3.8) is 0 Å². The highest BCUT2D eigenvalue weighted by Gasteiger charge is 2.16. The Morgan fingerprint density at radius 2 is 1.92 bits per heavy atom. The molecule has 1 aliphatic heterocycles. The molecule has 7 nitrogen and oxygen atoms in total. The quantitative estimate of drug-likeness (QED) is 0.682. The summed E-state index contributed by atoms with van der Waals surface area (Å²) >= 11 is 0. The number of anilines is 1. The number of aromatic nitrogens is 4. The minimum absolute atomic E-state index is 0.299. The molecule has 2 N–H and O–H groups in total. The molecule has 3 aromatic rings. The van der Waals surface area contributed by atoms with Crippen molar-refractivity contribution in [2.24, 2.45) is 0 Å². The highest BCUT2D eigenvalue weighted by molar-refractivity contribution is 5.82. The van der Waals surface area contributed by atoms with Crippen LogP contribution in [-0.2, 0) is 6.54 Å². The van der Waals surface area contributed by atoms with Gasteiger partial charge in [0, 0.05) is 0 Å². The van der Waals surface area contributed by atoms with Crippen LogP contribution in [0.2, 0.25) is 0 Å². The summed E-state index contributed by atoms with van der Waals surface area (Å²) in [7, 11) is 0. The van der Waals surface area contributed by atoms with Gasteiger partial charge in [0.15, 0.2) is 17.0 Å². The molecule has 7 heteroatoms. The Balaban J connectivity index is 1.84. The SMILES string of the molecule is Cc1nc2c(N)nc3nc2n1Cc1cccc(c1)OCCCCO3. The Labute approximate surface area is 139 Å². The number of nitrogens with two attached hydrogens (primary N) is 1. The van der Waals surface area contributed by atoms with Crippen molar-refractivity contribution in [1.82, 2.24) is 19.5 Å². The zero-order valence-corrected chi connectivity index (χ0v) is 13.5. The van der Waals surface area contributed by atoms with E-state index in [-0.39, 0.29) is 0 Å². The summed E-state index contributed by atoms with van der Waals surface area (Å²) in [4.78, 5) is 13.2. The fourth-order valence-electron chi connectivity index (χ4n) is 2.84. The first-order valence-corrected chi connectivity index (χ1v) is 8.05. The van der Waals surface area contributed by atoms with Gasteiger partial charge in [-0.25, -0.2) is 4.98 Å². The first-order valence-electron chi connectivity index (χ1n) is 8.05. The molecule has 2 aromatic heterocycles. The number of aryl methyl sites for hydroxylation is 1. The van der Waals surface area contributed by atoms with Crippen molar-refractivity contribution in [1.29, 1.82) is 0 Å². The molecule has 24 heavy (non-hydrogen) atoms. The van der Waals surface area contributed by atoms with E-state index in [2.05, 4.69) is 27.1 Å². The number of benzene rings is 1. The summed E-state index contributed by atoms with van der Waals surface area (Å²) in [5.74, 6) is 2.06. The van der Waals surface area contributed by atoms with E-state index in [1.165, 1.54) is 0 Å². The van der Waals surface area contributed by atoms with Gasteiger partial charge < -0.3 is 19.8 Å². The van der Waals surface area contributed by atoms with E-state index in [0.29, 0.717) is 42.8 Å². The smallest absolute Gasteiger partial charge is 0.320 e. The van der Waals surface area contributed by atoms with E-state index >= 15 is 0 Å². The number of nitrogens with zero attached hydrogens (tertiary/aromatic N) is 4. The summed E-state index contributed by atoms with van der Waals surface area (Å²) in [6.07, 6.45) is 1.76. The molecule has 0 spiro atoms. The lowest BCUT2D eigenvalue weighted by molar-refractivity contribution is 0.255. The van der Waals surface area contributed by atoms with E-state index in [9.17, 15) is 0 Å². The van der Waals surface area contributed by atoms with Gasteiger partial charge in [0.05, 0.1) is 19.8 Å². The van der Waals surface area contributed by atoms with Gasteiger partial charge in [0.25, 0.3) is 0 Å². The molecule has 4 bridgehead atoms. The molecule has 4 rings (SSSR count). The molecule has 3 heterocycles. The van der Waals surface area contributed by atoms with Crippen molar-refractivity contribution >= 4 is 17.0 Å². The van der Waals surface area contributed by atoms with Crippen molar-refractivity contribution in [3.05, 3.63) is 35.7 Å². The zero-order chi connectivity index (χ0) is 16.5. The van der Waals surface area contributed by atoms with Gasteiger partial charge in [-0.15, -0.1) is 0 Å². The second-order valence-corrected chi connectivity index (χ2v) is 5.86. The molecule has 1 aliphatic rings. The average Bonchev–Trinajstić information content (AvgIpc) is 2.88. The molecule has 0 saturated carbocycles. The van der Waals surface area contributed by atoms with Crippen LogP contribution >= 0.6 is 0 Å². The first-order chi connectivity index (χ1) is 11.7. The number of fused-ring (bicyclic) bond motifs is 3. The topological polar surface area (TPSA) is 88.1 Å². The minimum atomic E-state index is 0.299. The molecule has 0 atom stereocenters. The van der Waals surface area contributed by atoms with Gasteiger partial charge in [-0.05, 0) is 37.5 Å². The second-order valence-electron chi connectivity index (χ2n) is 5.86. The number of rotatable bonds is 0. The van der Waals surface area contributed by atoms with Gasteiger partial charge in [0.1, 0.15) is 11.6 Å². The Bertz CT molecular complexity index is 890. The molecule has 0 radical (unpaired) electrons. The average molecular weight is 325 g/mol. The van der Waals surface area contributed by atoms with Crippen LogP contribution in [0.3, 0.4) is 0 Å². The summed E-state index contributed by atoms with van der Waals surface area (Å²) in [6.45, 7) is 3.76. The summed E-state index contributed by atoms with van der Waals surface area (Å²) in [5.41, 5.74) is 8.47. The lowest BCUT2D eigenvalue weighted by atomic mass is 10.2. The van der Waals surface area contributed by atoms with Crippen LogP contribution in [0, 0.1) is 6.92 Å². The first kappa shape index (κ1) is 14.7. The van der Waals surface area contributed by atoms with Crippen LogP contribution in [0.5, 0.6) is 11.8 Å². The highest BCUT2D eigenvalue weighted by atomic mass is 16.5. The van der Waals surface area contributed by atoms with Crippen molar-refractivity contribution < 1.29 is 9.47 Å². The highest BCUT2D eigenvalue weighted by Crippen LogP contribution is 2.24. The predicted octanol–water partition coefficient (Wildman–Crippen LogP) is 2.32. The summed E-state index contributed by atoms with van der Waals surface area (Å²) in [5, 5.41) is 0. The zero-order valence-electron chi connectivity index (χ0n) is 13.5. The Hall–Kier alpha value is -2.83. The fourth-order valence-corrected chi connectivity index (χ4v) is 2.84. The second kappa shape index (κ2) is 5.99. The summed E-state index contributed by atoms with van der Waals surface area (Å²) < 4.78 is 13.5. The number of ether oxygens (including phenoxy) is 2. The third kappa shape index (κ3) is 2.73. The third-order valence-corrected chi connectivity index (χ3v) is 4.07. The van der Waals surface area contributed by atoms with E-state index in [1.807, 2.05) is 23.6 Å². The molecule has 1 aromatic carbocycles. The maximum atomic E-state index is 6.05. The Morgan fingerprint density at radius 1 is 1.08 bits per heavy atom.